The monoisotopic (exact) mass is 425 g/mol. The van der Waals surface area contributed by atoms with Crippen LogP contribution in [0.25, 0.3) is 0 Å². The molecule has 2 aromatic carbocycles. The minimum Gasteiger partial charge on any atom is -0.491 e. The molecule has 0 bridgehead atoms. The van der Waals surface area contributed by atoms with Crippen LogP contribution in [0, 0.1) is 0 Å². The Balaban J connectivity index is 2.04. The fourth-order valence-corrected chi connectivity index (χ4v) is 3.60. The second-order valence-electron chi connectivity index (χ2n) is 6.66. The molecule has 28 heavy (non-hydrogen) atoms. The number of anilines is 3. The van der Waals surface area contributed by atoms with E-state index in [9.17, 15) is 13.2 Å². The van der Waals surface area contributed by atoms with E-state index in [0.29, 0.717) is 27.8 Å². The smallest absolute Gasteiger partial charge is 0.241 e. The molecule has 0 saturated carbocycles. The highest BCUT2D eigenvalue weighted by molar-refractivity contribution is 7.93. The number of rotatable bonds is 8. The minimum absolute atomic E-state index is 0.0183. The molecule has 0 heterocycles. The summed E-state index contributed by atoms with van der Waals surface area (Å²) in [6.45, 7) is 3.80. The predicted molar refractivity (Wildman–Crippen MR) is 114 cm³/mol. The molecule has 0 saturated heterocycles. The van der Waals surface area contributed by atoms with Gasteiger partial charge in [-0.1, -0.05) is 11.6 Å². The number of halogens is 1. The Morgan fingerprint density at radius 3 is 2.36 bits per heavy atom. The Bertz CT molecular complexity index is 929. The molecule has 0 atom stereocenters. The third-order valence-corrected chi connectivity index (χ3v) is 4.96. The number of carbonyl (C=O) groups excluding carboxylic acids is 1. The van der Waals surface area contributed by atoms with Gasteiger partial charge in [0.25, 0.3) is 0 Å². The fraction of sp³-hybridized carbons (Fsp3) is 0.316. The van der Waals surface area contributed by atoms with E-state index in [2.05, 4.69) is 10.0 Å². The zero-order valence-electron chi connectivity index (χ0n) is 16.2. The molecule has 0 aromatic heterocycles. The van der Waals surface area contributed by atoms with Crippen molar-refractivity contribution in [3.63, 3.8) is 0 Å². The molecule has 0 unspecified atom stereocenters. The van der Waals surface area contributed by atoms with E-state index in [4.69, 9.17) is 16.3 Å². The van der Waals surface area contributed by atoms with Crippen molar-refractivity contribution in [2.24, 2.45) is 0 Å². The molecule has 0 radical (unpaired) electrons. The van der Waals surface area contributed by atoms with E-state index in [-0.39, 0.29) is 6.10 Å². The SMILES string of the molecule is CC(C)Oc1ccc(NS(=O)(=O)CC(=O)Nc2cc(Cl)ccc2N(C)C)cc1. The minimum atomic E-state index is -3.88. The van der Waals surface area contributed by atoms with Crippen LogP contribution in [0.1, 0.15) is 13.8 Å². The normalized spacial score (nSPS) is 11.2. The fourth-order valence-electron chi connectivity index (χ4n) is 2.45. The van der Waals surface area contributed by atoms with Crippen molar-refractivity contribution in [2.75, 3.05) is 34.8 Å². The Morgan fingerprint density at radius 1 is 1.14 bits per heavy atom. The first-order chi connectivity index (χ1) is 13.1. The summed E-state index contributed by atoms with van der Waals surface area (Å²) in [5, 5.41) is 3.04. The van der Waals surface area contributed by atoms with Crippen molar-refractivity contribution in [3.05, 3.63) is 47.5 Å². The molecule has 2 aromatic rings. The maximum Gasteiger partial charge on any atom is 0.241 e. The molecule has 152 valence electrons. The number of nitrogens with one attached hydrogen (secondary N) is 2. The summed E-state index contributed by atoms with van der Waals surface area (Å²) < 4.78 is 32.5. The lowest BCUT2D eigenvalue weighted by Crippen LogP contribution is -2.28. The number of hydrogen-bond acceptors (Lipinski definition) is 5. The van der Waals surface area contributed by atoms with Gasteiger partial charge in [0.15, 0.2) is 0 Å². The molecular formula is C19H24ClN3O4S. The summed E-state index contributed by atoms with van der Waals surface area (Å²) in [6.07, 6.45) is 0.0183. The number of carbonyl (C=O) groups is 1. The lowest BCUT2D eigenvalue weighted by molar-refractivity contribution is -0.113. The first kappa shape index (κ1) is 21.8. The number of benzene rings is 2. The Kier molecular flexibility index (Phi) is 7.15. The van der Waals surface area contributed by atoms with E-state index < -0.39 is 21.7 Å². The van der Waals surface area contributed by atoms with Crippen LogP contribution in [0.5, 0.6) is 5.75 Å². The van der Waals surface area contributed by atoms with Crippen molar-refractivity contribution in [1.82, 2.24) is 0 Å². The number of nitrogens with zero attached hydrogens (tertiary/aromatic N) is 1. The van der Waals surface area contributed by atoms with Crippen molar-refractivity contribution in [2.45, 2.75) is 20.0 Å². The quantitative estimate of drug-likeness (QED) is 0.675. The summed E-state index contributed by atoms with van der Waals surface area (Å²) in [4.78, 5) is 14.1. The number of sulfonamides is 1. The van der Waals surface area contributed by atoms with Gasteiger partial charge >= 0.3 is 0 Å². The zero-order valence-corrected chi connectivity index (χ0v) is 17.8. The molecule has 2 rings (SSSR count). The van der Waals surface area contributed by atoms with Crippen LogP contribution in [0.2, 0.25) is 5.02 Å². The lowest BCUT2D eigenvalue weighted by Gasteiger charge is -2.18. The zero-order chi connectivity index (χ0) is 20.9. The molecular weight excluding hydrogens is 402 g/mol. The van der Waals surface area contributed by atoms with E-state index in [0.717, 1.165) is 0 Å². The van der Waals surface area contributed by atoms with E-state index in [1.165, 1.54) is 0 Å². The summed E-state index contributed by atoms with van der Waals surface area (Å²) in [7, 11) is -0.264. The number of hydrogen-bond donors (Lipinski definition) is 2. The third kappa shape index (κ3) is 6.61. The summed E-state index contributed by atoms with van der Waals surface area (Å²) in [5.74, 6) is -0.762. The van der Waals surface area contributed by atoms with Crippen LogP contribution < -0.4 is 19.7 Å². The molecule has 0 aliphatic heterocycles. The van der Waals surface area contributed by atoms with Crippen LogP contribution in [0.15, 0.2) is 42.5 Å². The first-order valence-corrected chi connectivity index (χ1v) is 10.6. The van der Waals surface area contributed by atoms with Crippen molar-refractivity contribution in [1.29, 1.82) is 0 Å². The second-order valence-corrected chi connectivity index (χ2v) is 8.81. The van der Waals surface area contributed by atoms with Crippen molar-refractivity contribution in [3.8, 4) is 5.75 Å². The van der Waals surface area contributed by atoms with Crippen molar-refractivity contribution >= 4 is 44.6 Å². The van der Waals surface area contributed by atoms with Gasteiger partial charge in [-0.2, -0.15) is 0 Å². The Labute approximate surface area is 170 Å². The van der Waals surface area contributed by atoms with Crippen molar-refractivity contribution < 1.29 is 17.9 Å². The summed E-state index contributed by atoms with van der Waals surface area (Å²) >= 11 is 5.98. The maximum absolute atomic E-state index is 12.3. The molecule has 0 spiro atoms. The summed E-state index contributed by atoms with van der Waals surface area (Å²) in [5.41, 5.74) is 1.50. The van der Waals surface area contributed by atoms with Gasteiger partial charge in [-0.05, 0) is 56.3 Å². The van der Waals surface area contributed by atoms with E-state index in [1.54, 1.807) is 47.4 Å². The van der Waals surface area contributed by atoms with Gasteiger partial charge in [-0.15, -0.1) is 0 Å². The van der Waals surface area contributed by atoms with Crippen LogP contribution in [0.3, 0.4) is 0 Å². The van der Waals surface area contributed by atoms with Gasteiger partial charge in [0.2, 0.25) is 15.9 Å². The summed E-state index contributed by atoms with van der Waals surface area (Å²) in [6, 6.07) is 11.5. The first-order valence-electron chi connectivity index (χ1n) is 8.59. The molecule has 1 amide bonds. The van der Waals surface area contributed by atoms with Crippen LogP contribution >= 0.6 is 11.6 Å². The second kappa shape index (κ2) is 9.16. The van der Waals surface area contributed by atoms with Gasteiger partial charge in [0, 0.05) is 24.8 Å². The number of amides is 1. The highest BCUT2D eigenvalue weighted by Crippen LogP contribution is 2.28. The van der Waals surface area contributed by atoms with E-state index >= 15 is 0 Å². The van der Waals surface area contributed by atoms with Gasteiger partial charge in [0.1, 0.15) is 11.5 Å². The van der Waals surface area contributed by atoms with Crippen LogP contribution in [-0.2, 0) is 14.8 Å². The highest BCUT2D eigenvalue weighted by Gasteiger charge is 2.18. The average Bonchev–Trinajstić information content (AvgIpc) is 2.55. The molecule has 0 aliphatic rings. The Hall–Kier alpha value is -2.45. The topological polar surface area (TPSA) is 87.7 Å². The van der Waals surface area contributed by atoms with Gasteiger partial charge in [-0.3, -0.25) is 9.52 Å². The van der Waals surface area contributed by atoms with Gasteiger partial charge in [0.05, 0.1) is 17.5 Å². The predicted octanol–water partition coefficient (Wildman–Crippen LogP) is 3.57. The lowest BCUT2D eigenvalue weighted by atomic mass is 10.2. The standard InChI is InChI=1S/C19H24ClN3O4S/c1-13(2)27-16-8-6-15(7-9-16)22-28(25,26)12-19(24)21-17-11-14(20)5-10-18(17)23(3)4/h5-11,13,22H,12H2,1-4H3,(H,21,24). The van der Waals surface area contributed by atoms with Crippen LogP contribution in [0.4, 0.5) is 17.1 Å². The molecule has 0 fully saturated rings. The third-order valence-electron chi connectivity index (χ3n) is 3.54. The molecule has 2 N–H and O–H groups in total. The number of ether oxygens (including phenoxy) is 1. The maximum atomic E-state index is 12.3. The van der Waals surface area contributed by atoms with Crippen LogP contribution in [-0.4, -0.2) is 40.3 Å². The Morgan fingerprint density at radius 2 is 1.79 bits per heavy atom. The highest BCUT2D eigenvalue weighted by atomic mass is 35.5. The molecule has 7 nitrogen and oxygen atoms in total. The van der Waals surface area contributed by atoms with Gasteiger partial charge in [-0.25, -0.2) is 8.42 Å². The largest absolute Gasteiger partial charge is 0.491 e. The molecule has 0 aliphatic carbocycles. The average molecular weight is 426 g/mol. The molecule has 9 heteroatoms. The van der Waals surface area contributed by atoms with E-state index in [1.807, 2.05) is 27.9 Å². The van der Waals surface area contributed by atoms with Gasteiger partial charge < -0.3 is 15.0 Å².